The Morgan fingerprint density at radius 1 is 1.03 bits per heavy atom. The highest BCUT2D eigenvalue weighted by Gasteiger charge is 2.16. The lowest BCUT2D eigenvalue weighted by Gasteiger charge is -2.10. The monoisotopic (exact) mass is 413 g/mol. The van der Waals surface area contributed by atoms with E-state index in [-0.39, 0.29) is 5.56 Å². The molecule has 0 fully saturated rings. The number of hydrogen-bond donors (Lipinski definition) is 0. The largest absolute Gasteiger partial charge is 0.291 e. The van der Waals surface area contributed by atoms with Gasteiger partial charge in [0.2, 0.25) is 4.96 Å². The van der Waals surface area contributed by atoms with Crippen LogP contribution in [0.4, 0.5) is 0 Å². The van der Waals surface area contributed by atoms with Gasteiger partial charge in [0.05, 0.1) is 10.2 Å². The molecule has 7 heteroatoms. The number of nitrogens with zero attached hydrogens (tertiary/aromatic N) is 5. The Morgan fingerprint density at radius 2 is 1.77 bits per heavy atom. The van der Waals surface area contributed by atoms with Crippen LogP contribution in [0.25, 0.3) is 28.0 Å². The van der Waals surface area contributed by atoms with Crippen molar-refractivity contribution in [2.75, 3.05) is 0 Å². The molecule has 0 saturated carbocycles. The Kier molecular flexibility index (Phi) is 4.33. The van der Waals surface area contributed by atoms with Crippen LogP contribution in [0, 0.1) is 20.8 Å². The molecular weight excluding hydrogens is 394 g/mol. The number of rotatable bonds is 3. The van der Waals surface area contributed by atoms with Gasteiger partial charge in [0.25, 0.3) is 5.56 Å². The van der Waals surface area contributed by atoms with Gasteiger partial charge in [-0.1, -0.05) is 47.2 Å². The van der Waals surface area contributed by atoms with Crippen LogP contribution in [-0.4, -0.2) is 24.4 Å². The first-order valence-corrected chi connectivity index (χ1v) is 10.4. The number of para-hydroxylation sites is 1. The molecule has 30 heavy (non-hydrogen) atoms. The van der Waals surface area contributed by atoms with Gasteiger partial charge in [0, 0.05) is 17.3 Å². The van der Waals surface area contributed by atoms with E-state index in [1.807, 2.05) is 47.3 Å². The zero-order valence-corrected chi connectivity index (χ0v) is 17.6. The molecule has 0 spiro atoms. The summed E-state index contributed by atoms with van der Waals surface area (Å²) < 4.78 is 3.78. The lowest BCUT2D eigenvalue weighted by molar-refractivity contribution is 0.883. The molecule has 0 radical (unpaired) electrons. The molecule has 3 aromatic heterocycles. The molecule has 0 aliphatic carbocycles. The fourth-order valence-corrected chi connectivity index (χ4v) is 4.75. The van der Waals surface area contributed by atoms with Crippen LogP contribution in [0.2, 0.25) is 0 Å². The van der Waals surface area contributed by atoms with Crippen molar-refractivity contribution in [3.8, 4) is 16.9 Å². The summed E-state index contributed by atoms with van der Waals surface area (Å²) in [6, 6.07) is 14.3. The predicted octanol–water partition coefficient (Wildman–Crippen LogP) is 3.48. The summed E-state index contributed by atoms with van der Waals surface area (Å²) in [4.78, 5) is 17.4. The number of fused-ring (bicyclic) bond motifs is 1. The summed E-state index contributed by atoms with van der Waals surface area (Å²) in [6.07, 6.45) is 5.26. The predicted molar refractivity (Wildman–Crippen MR) is 119 cm³/mol. The first kappa shape index (κ1) is 18.4. The summed E-state index contributed by atoms with van der Waals surface area (Å²) in [5.41, 5.74) is 7.16. The van der Waals surface area contributed by atoms with Gasteiger partial charge in [0.15, 0.2) is 0 Å². The molecule has 0 unspecified atom stereocenters. The number of thiazole rings is 1. The van der Waals surface area contributed by atoms with Crippen molar-refractivity contribution in [1.29, 1.82) is 0 Å². The topological polar surface area (TPSA) is 65.1 Å². The fourth-order valence-electron chi connectivity index (χ4n) is 3.87. The molecule has 0 saturated heterocycles. The summed E-state index contributed by atoms with van der Waals surface area (Å²) in [5, 5.41) is 8.93. The van der Waals surface area contributed by atoms with Crippen molar-refractivity contribution in [1.82, 2.24) is 24.4 Å². The summed E-state index contributed by atoms with van der Waals surface area (Å²) in [5.74, 6) is 0. The molecular formula is C23H19N5OS. The highest BCUT2D eigenvalue weighted by Crippen LogP contribution is 2.31. The van der Waals surface area contributed by atoms with Crippen molar-refractivity contribution in [3.05, 3.63) is 92.1 Å². The Hall–Kier alpha value is -3.58. The molecule has 0 aliphatic rings. The van der Waals surface area contributed by atoms with E-state index in [1.54, 1.807) is 0 Å². The summed E-state index contributed by atoms with van der Waals surface area (Å²) in [7, 11) is 0. The van der Waals surface area contributed by atoms with Crippen LogP contribution in [0.3, 0.4) is 0 Å². The van der Waals surface area contributed by atoms with Crippen molar-refractivity contribution in [2.24, 2.45) is 0 Å². The second kappa shape index (κ2) is 7.03. The molecule has 0 N–H and O–H groups in total. The molecule has 5 aromatic rings. The maximum absolute atomic E-state index is 12.7. The van der Waals surface area contributed by atoms with Crippen molar-refractivity contribution < 1.29 is 0 Å². The number of aromatic nitrogens is 5. The third-order valence-electron chi connectivity index (χ3n) is 5.08. The highest BCUT2D eigenvalue weighted by molar-refractivity contribution is 7.15. The van der Waals surface area contributed by atoms with Crippen LogP contribution in [0.1, 0.15) is 22.3 Å². The van der Waals surface area contributed by atoms with Crippen molar-refractivity contribution in [2.45, 2.75) is 20.8 Å². The summed E-state index contributed by atoms with van der Waals surface area (Å²) in [6.45, 7) is 6.29. The molecule has 0 bridgehead atoms. The van der Waals surface area contributed by atoms with Gasteiger partial charge in [-0.15, -0.1) is 0 Å². The molecule has 0 atom stereocenters. The number of hydrogen-bond acceptors (Lipinski definition) is 5. The van der Waals surface area contributed by atoms with Crippen LogP contribution < -0.4 is 10.1 Å². The van der Waals surface area contributed by atoms with E-state index in [9.17, 15) is 4.79 Å². The van der Waals surface area contributed by atoms with Gasteiger partial charge in [-0.2, -0.15) is 14.7 Å². The first-order valence-electron chi connectivity index (χ1n) is 9.59. The van der Waals surface area contributed by atoms with Crippen molar-refractivity contribution in [3.63, 3.8) is 0 Å². The highest BCUT2D eigenvalue weighted by atomic mass is 32.1. The zero-order valence-electron chi connectivity index (χ0n) is 16.8. The third-order valence-corrected chi connectivity index (χ3v) is 6.06. The quantitative estimate of drug-likeness (QED) is 0.454. The minimum Gasteiger partial charge on any atom is -0.266 e. The minimum absolute atomic E-state index is 0.164. The molecule has 3 heterocycles. The van der Waals surface area contributed by atoms with Gasteiger partial charge in [-0.05, 0) is 50.1 Å². The average Bonchev–Trinajstić information content (AvgIpc) is 3.40. The summed E-state index contributed by atoms with van der Waals surface area (Å²) >= 11 is 1.33. The maximum atomic E-state index is 12.7. The number of aryl methyl sites for hydroxylation is 3. The average molecular weight is 414 g/mol. The van der Waals surface area contributed by atoms with Crippen LogP contribution >= 0.6 is 11.3 Å². The maximum Gasteiger partial charge on any atom is 0.291 e. The van der Waals surface area contributed by atoms with E-state index in [2.05, 4.69) is 43.0 Å². The number of benzene rings is 2. The molecule has 6 nitrogen and oxygen atoms in total. The van der Waals surface area contributed by atoms with Crippen LogP contribution in [0.5, 0.6) is 0 Å². The molecule has 0 amide bonds. The Balaban J connectivity index is 1.79. The Morgan fingerprint density at radius 3 is 2.47 bits per heavy atom. The van der Waals surface area contributed by atoms with E-state index in [1.165, 1.54) is 27.7 Å². The smallest absolute Gasteiger partial charge is 0.266 e. The minimum atomic E-state index is -0.164. The van der Waals surface area contributed by atoms with Gasteiger partial charge >= 0.3 is 0 Å². The molecule has 0 aliphatic heterocycles. The standard InChI is InChI=1S/C23H19N5OS/c1-14-9-15(2)20(16(3)10-14)21-17(12-27(26-21)18-7-5-4-6-8-18)11-19-22(29)28-23(30-19)24-13-25-28/h4-13H,1-3H3/b19-11-. The van der Waals surface area contributed by atoms with Gasteiger partial charge in [-0.3, -0.25) is 4.79 Å². The van der Waals surface area contributed by atoms with Gasteiger partial charge < -0.3 is 0 Å². The van der Waals surface area contributed by atoms with Crippen LogP contribution in [-0.2, 0) is 0 Å². The molecule has 5 rings (SSSR count). The SMILES string of the molecule is Cc1cc(C)c(-c2nn(-c3ccccc3)cc2/C=c2\sc3ncnn3c2=O)c(C)c1. The lowest BCUT2D eigenvalue weighted by atomic mass is 9.95. The first-order chi connectivity index (χ1) is 14.5. The van der Waals surface area contributed by atoms with Gasteiger partial charge in [-0.25, -0.2) is 9.67 Å². The Labute approximate surface area is 176 Å². The van der Waals surface area contributed by atoms with E-state index in [0.29, 0.717) is 9.49 Å². The normalized spacial score (nSPS) is 12.2. The van der Waals surface area contributed by atoms with E-state index in [0.717, 1.165) is 33.6 Å². The van der Waals surface area contributed by atoms with E-state index in [4.69, 9.17) is 5.10 Å². The molecule has 2 aromatic carbocycles. The second-order valence-corrected chi connectivity index (χ2v) is 8.37. The zero-order chi connectivity index (χ0) is 20.8. The fraction of sp³-hybridized carbons (Fsp3) is 0.130. The molecule has 148 valence electrons. The lowest BCUT2D eigenvalue weighted by Crippen LogP contribution is -2.23. The Bertz CT molecular complexity index is 1470. The third kappa shape index (κ3) is 3.04. The van der Waals surface area contributed by atoms with E-state index >= 15 is 0 Å². The van der Waals surface area contributed by atoms with Gasteiger partial charge in [0.1, 0.15) is 12.0 Å². The second-order valence-electron chi connectivity index (χ2n) is 7.36. The van der Waals surface area contributed by atoms with E-state index < -0.39 is 0 Å². The van der Waals surface area contributed by atoms with Crippen LogP contribution in [0.15, 0.2) is 59.8 Å². The van der Waals surface area contributed by atoms with Crippen molar-refractivity contribution >= 4 is 22.4 Å².